The first-order valence-corrected chi connectivity index (χ1v) is 7.98. The molecule has 6 nitrogen and oxygen atoms in total. The van der Waals surface area contributed by atoms with Crippen molar-refractivity contribution in [3.8, 4) is 0 Å². The highest BCUT2D eigenvalue weighted by molar-refractivity contribution is 4.74. The number of nitrogens with two attached hydrogens (primary N) is 1. The summed E-state index contributed by atoms with van der Waals surface area (Å²) in [6, 6.07) is 0. The molecule has 2 atom stereocenters. The average Bonchev–Trinajstić information content (AvgIpc) is 2.48. The van der Waals surface area contributed by atoms with Gasteiger partial charge in [0, 0.05) is 33.4 Å². The summed E-state index contributed by atoms with van der Waals surface area (Å²) in [4.78, 5) is 2.28. The molecule has 3 N–H and O–H groups in total. The lowest BCUT2D eigenvalue weighted by Gasteiger charge is -2.33. The Morgan fingerprint density at radius 2 is 2.00 bits per heavy atom. The molecule has 0 amide bonds. The number of piperidine rings is 1. The second kappa shape index (κ2) is 11.3. The maximum atomic E-state index is 10.0. The Kier molecular flexibility index (Phi) is 10.2. The molecule has 2 unspecified atom stereocenters. The van der Waals surface area contributed by atoms with Crippen molar-refractivity contribution < 1.29 is 19.3 Å². The van der Waals surface area contributed by atoms with E-state index >= 15 is 0 Å². The average molecular weight is 304 g/mol. The molecule has 21 heavy (non-hydrogen) atoms. The predicted molar refractivity (Wildman–Crippen MR) is 82.4 cm³/mol. The van der Waals surface area contributed by atoms with Crippen LogP contribution in [0.1, 0.15) is 26.2 Å². The Labute approximate surface area is 128 Å². The van der Waals surface area contributed by atoms with Crippen molar-refractivity contribution in [3.63, 3.8) is 0 Å². The number of likely N-dealkylation sites (tertiary alicyclic amines) is 1. The molecule has 1 aliphatic heterocycles. The summed E-state index contributed by atoms with van der Waals surface area (Å²) in [6.07, 6.45) is 2.90. The maximum Gasteiger partial charge on any atom is 0.0900 e. The van der Waals surface area contributed by atoms with Crippen LogP contribution >= 0.6 is 0 Å². The van der Waals surface area contributed by atoms with Gasteiger partial charge in [-0.1, -0.05) is 0 Å². The highest BCUT2D eigenvalue weighted by Crippen LogP contribution is 2.14. The van der Waals surface area contributed by atoms with Crippen LogP contribution in [-0.4, -0.2) is 81.4 Å². The van der Waals surface area contributed by atoms with Crippen LogP contribution in [0.15, 0.2) is 0 Å². The Morgan fingerprint density at radius 3 is 2.62 bits per heavy atom. The molecule has 1 rings (SSSR count). The van der Waals surface area contributed by atoms with Gasteiger partial charge in [-0.3, -0.25) is 0 Å². The smallest absolute Gasteiger partial charge is 0.0900 e. The lowest BCUT2D eigenvalue weighted by molar-refractivity contribution is -0.0476. The fourth-order valence-corrected chi connectivity index (χ4v) is 2.50. The quantitative estimate of drug-likeness (QED) is 0.532. The number of nitrogens with zero attached hydrogens (tertiary/aromatic N) is 1. The standard InChI is InChI=1S/C15H32N2O4/c1-13(11-19-2)21-12-14(18)10-17-7-4-15(5-8-17)20-9-3-6-16/h13-15,18H,3-12,16H2,1-2H3. The molecule has 0 spiro atoms. The summed E-state index contributed by atoms with van der Waals surface area (Å²) in [5.41, 5.74) is 5.45. The summed E-state index contributed by atoms with van der Waals surface area (Å²) in [6.45, 7) is 6.91. The number of rotatable bonds is 11. The normalized spacial score (nSPS) is 20.6. The van der Waals surface area contributed by atoms with Crippen molar-refractivity contribution in [2.75, 3.05) is 53.1 Å². The molecule has 0 aliphatic carbocycles. The van der Waals surface area contributed by atoms with Gasteiger partial charge in [0.05, 0.1) is 31.5 Å². The van der Waals surface area contributed by atoms with Crippen LogP contribution in [0.2, 0.25) is 0 Å². The molecule has 1 heterocycles. The number of aliphatic hydroxyl groups excluding tert-OH is 1. The van der Waals surface area contributed by atoms with Crippen LogP contribution in [0.25, 0.3) is 0 Å². The number of hydrogen-bond acceptors (Lipinski definition) is 6. The van der Waals surface area contributed by atoms with Gasteiger partial charge >= 0.3 is 0 Å². The fraction of sp³-hybridized carbons (Fsp3) is 1.00. The van der Waals surface area contributed by atoms with Crippen LogP contribution in [0, 0.1) is 0 Å². The molecule has 0 saturated carbocycles. The number of ether oxygens (including phenoxy) is 3. The van der Waals surface area contributed by atoms with Gasteiger partial charge in [-0.25, -0.2) is 0 Å². The lowest BCUT2D eigenvalue weighted by atomic mass is 10.1. The molecule has 1 aliphatic rings. The number of hydrogen-bond donors (Lipinski definition) is 2. The minimum Gasteiger partial charge on any atom is -0.389 e. The SMILES string of the molecule is COCC(C)OCC(O)CN1CCC(OCCCN)CC1. The molecular formula is C15H32N2O4. The van der Waals surface area contributed by atoms with Gasteiger partial charge in [-0.15, -0.1) is 0 Å². The van der Waals surface area contributed by atoms with Crippen molar-refractivity contribution in [3.05, 3.63) is 0 Å². The largest absolute Gasteiger partial charge is 0.389 e. The Morgan fingerprint density at radius 1 is 1.29 bits per heavy atom. The fourth-order valence-electron chi connectivity index (χ4n) is 2.50. The minimum atomic E-state index is -0.445. The van der Waals surface area contributed by atoms with Crippen LogP contribution < -0.4 is 5.73 Å². The second-order valence-electron chi connectivity index (χ2n) is 5.77. The van der Waals surface area contributed by atoms with Crippen molar-refractivity contribution in [2.24, 2.45) is 5.73 Å². The van der Waals surface area contributed by atoms with Gasteiger partial charge in [0.15, 0.2) is 0 Å². The molecule has 1 fully saturated rings. The molecule has 0 aromatic rings. The van der Waals surface area contributed by atoms with E-state index in [-0.39, 0.29) is 6.10 Å². The van der Waals surface area contributed by atoms with E-state index in [2.05, 4.69) is 4.90 Å². The molecule has 1 saturated heterocycles. The predicted octanol–water partition coefficient (Wildman–Crippen LogP) is 0.229. The van der Waals surface area contributed by atoms with Crippen molar-refractivity contribution in [1.29, 1.82) is 0 Å². The lowest BCUT2D eigenvalue weighted by Crippen LogP contribution is -2.42. The first kappa shape index (κ1) is 18.8. The van der Waals surface area contributed by atoms with Crippen LogP contribution in [0.5, 0.6) is 0 Å². The van der Waals surface area contributed by atoms with Gasteiger partial charge in [0.25, 0.3) is 0 Å². The molecule has 0 bridgehead atoms. The molecule has 0 aromatic heterocycles. The molecular weight excluding hydrogens is 272 g/mol. The summed E-state index contributed by atoms with van der Waals surface area (Å²) >= 11 is 0. The van der Waals surface area contributed by atoms with Crippen LogP contribution in [0.3, 0.4) is 0 Å². The Balaban J connectivity index is 2.08. The summed E-state index contributed by atoms with van der Waals surface area (Å²) in [5, 5.41) is 10.0. The van der Waals surface area contributed by atoms with E-state index in [1.54, 1.807) is 7.11 Å². The highest BCUT2D eigenvalue weighted by atomic mass is 16.5. The van der Waals surface area contributed by atoms with E-state index in [9.17, 15) is 5.11 Å². The van der Waals surface area contributed by atoms with Gasteiger partial charge in [-0.2, -0.15) is 0 Å². The van der Waals surface area contributed by atoms with E-state index in [1.807, 2.05) is 6.92 Å². The van der Waals surface area contributed by atoms with Crippen LogP contribution in [0.4, 0.5) is 0 Å². The molecule has 6 heteroatoms. The third-order valence-corrected chi connectivity index (χ3v) is 3.68. The van der Waals surface area contributed by atoms with Gasteiger partial charge in [0.2, 0.25) is 0 Å². The zero-order chi connectivity index (χ0) is 15.5. The first-order valence-electron chi connectivity index (χ1n) is 7.98. The first-order chi connectivity index (χ1) is 10.2. The summed E-state index contributed by atoms with van der Waals surface area (Å²) in [7, 11) is 1.65. The van der Waals surface area contributed by atoms with E-state index in [4.69, 9.17) is 19.9 Å². The summed E-state index contributed by atoms with van der Waals surface area (Å²) in [5.74, 6) is 0. The number of aliphatic hydroxyl groups is 1. The molecule has 0 aromatic carbocycles. The van der Waals surface area contributed by atoms with Crippen molar-refractivity contribution in [2.45, 2.75) is 44.5 Å². The van der Waals surface area contributed by atoms with Gasteiger partial charge in [-0.05, 0) is 32.7 Å². The number of β-amino-alcohol motifs (C(OH)–C–C–N with tert-alkyl or cyclic N) is 1. The highest BCUT2D eigenvalue weighted by Gasteiger charge is 2.21. The zero-order valence-corrected chi connectivity index (χ0v) is 13.5. The third kappa shape index (κ3) is 8.70. The van der Waals surface area contributed by atoms with Gasteiger partial charge in [0.1, 0.15) is 0 Å². The monoisotopic (exact) mass is 304 g/mol. The van der Waals surface area contributed by atoms with Gasteiger partial charge < -0.3 is 30.0 Å². The number of methoxy groups -OCH3 is 1. The van der Waals surface area contributed by atoms with Crippen molar-refractivity contribution >= 4 is 0 Å². The maximum absolute atomic E-state index is 10.0. The molecule has 0 radical (unpaired) electrons. The second-order valence-corrected chi connectivity index (χ2v) is 5.77. The van der Waals surface area contributed by atoms with Crippen molar-refractivity contribution in [1.82, 2.24) is 4.90 Å². The zero-order valence-electron chi connectivity index (χ0n) is 13.5. The summed E-state index contributed by atoms with van der Waals surface area (Å²) < 4.78 is 16.3. The van der Waals surface area contributed by atoms with E-state index in [0.29, 0.717) is 32.4 Å². The topological polar surface area (TPSA) is 77.2 Å². The van der Waals surface area contributed by atoms with E-state index in [1.165, 1.54) is 0 Å². The van der Waals surface area contributed by atoms with E-state index < -0.39 is 6.10 Å². The van der Waals surface area contributed by atoms with E-state index in [0.717, 1.165) is 39.0 Å². The Hall–Kier alpha value is -0.240. The molecule has 126 valence electrons. The van der Waals surface area contributed by atoms with Crippen LogP contribution in [-0.2, 0) is 14.2 Å². The third-order valence-electron chi connectivity index (χ3n) is 3.68. The Bertz CT molecular complexity index is 248. The minimum absolute atomic E-state index is 0.0198.